The minimum absolute atomic E-state index is 0.139. The molecule has 18 heavy (non-hydrogen) atoms. The van der Waals surface area contributed by atoms with Gasteiger partial charge in [0.25, 0.3) is 5.91 Å². The van der Waals surface area contributed by atoms with E-state index in [1.165, 1.54) is 24.1 Å². The van der Waals surface area contributed by atoms with Gasteiger partial charge in [-0.05, 0) is 25.8 Å². The Hall–Kier alpha value is -1.98. The first-order chi connectivity index (χ1) is 8.47. The Bertz CT molecular complexity index is 506. The van der Waals surface area contributed by atoms with Crippen LogP contribution >= 0.6 is 0 Å². The van der Waals surface area contributed by atoms with Gasteiger partial charge in [-0.2, -0.15) is 0 Å². The number of aromatic nitrogens is 1. The summed E-state index contributed by atoms with van der Waals surface area (Å²) in [4.78, 5) is 28.2. The molecule has 2 heterocycles. The lowest BCUT2D eigenvalue weighted by molar-refractivity contribution is -0.147. The average molecular weight is 252 g/mol. The van der Waals surface area contributed by atoms with Crippen molar-refractivity contribution in [1.29, 1.82) is 0 Å². The maximum atomic E-state index is 13.5. The van der Waals surface area contributed by atoms with E-state index in [-0.39, 0.29) is 5.56 Å². The van der Waals surface area contributed by atoms with Crippen LogP contribution in [-0.2, 0) is 4.79 Å². The Balaban J connectivity index is 2.35. The highest BCUT2D eigenvalue weighted by atomic mass is 19.1. The number of carbonyl (C=O) groups is 2. The number of likely N-dealkylation sites (tertiary alicyclic amines) is 1. The van der Waals surface area contributed by atoms with E-state index in [0.717, 1.165) is 6.20 Å². The monoisotopic (exact) mass is 252 g/mol. The van der Waals surface area contributed by atoms with Crippen LogP contribution in [0.15, 0.2) is 18.5 Å². The number of nitrogens with zero attached hydrogens (tertiary/aromatic N) is 2. The second-order valence-electron chi connectivity index (χ2n) is 4.49. The van der Waals surface area contributed by atoms with E-state index in [1.807, 2.05) is 0 Å². The van der Waals surface area contributed by atoms with Gasteiger partial charge in [0, 0.05) is 12.7 Å². The first kappa shape index (κ1) is 12.5. The van der Waals surface area contributed by atoms with E-state index in [9.17, 15) is 19.1 Å². The molecule has 1 atom stereocenters. The summed E-state index contributed by atoms with van der Waals surface area (Å²) < 4.78 is 13.5. The molecule has 1 N–H and O–H groups in total. The molecule has 1 aromatic rings. The molecule has 1 unspecified atom stereocenters. The summed E-state index contributed by atoms with van der Waals surface area (Å²) in [6.07, 6.45) is 3.23. The van der Waals surface area contributed by atoms with Crippen LogP contribution in [0.4, 0.5) is 4.39 Å². The van der Waals surface area contributed by atoms with E-state index >= 15 is 0 Å². The van der Waals surface area contributed by atoms with Gasteiger partial charge in [0.15, 0.2) is 5.82 Å². The summed E-state index contributed by atoms with van der Waals surface area (Å²) in [6, 6.07) is 1.26. The summed E-state index contributed by atoms with van der Waals surface area (Å²) in [6.45, 7) is 1.81. The fraction of sp³-hybridized carbons (Fsp3) is 0.417. The van der Waals surface area contributed by atoms with Crippen molar-refractivity contribution in [2.45, 2.75) is 25.3 Å². The highest BCUT2D eigenvalue weighted by Gasteiger charge is 2.46. The van der Waals surface area contributed by atoms with Crippen LogP contribution in [-0.4, -0.2) is 39.0 Å². The highest BCUT2D eigenvalue weighted by Crippen LogP contribution is 2.31. The molecule has 96 valence electrons. The number of carbonyl (C=O) groups excluding carboxylic acids is 1. The predicted molar refractivity (Wildman–Crippen MR) is 60.5 cm³/mol. The summed E-state index contributed by atoms with van der Waals surface area (Å²) in [5.74, 6) is -2.40. The average Bonchev–Trinajstić information content (AvgIpc) is 2.72. The summed E-state index contributed by atoms with van der Waals surface area (Å²) in [5, 5.41) is 9.21. The third-order valence-electron chi connectivity index (χ3n) is 3.35. The van der Waals surface area contributed by atoms with Gasteiger partial charge in [-0.25, -0.2) is 9.18 Å². The zero-order valence-electron chi connectivity index (χ0n) is 9.89. The van der Waals surface area contributed by atoms with Gasteiger partial charge in [0.2, 0.25) is 0 Å². The standard InChI is InChI=1S/C12H13FN2O3/c1-12(11(17)18)4-2-6-15(12)10(16)8-3-5-14-7-9(8)13/h3,5,7H,2,4,6H2,1H3,(H,17,18). The minimum Gasteiger partial charge on any atom is -0.480 e. The molecule has 0 spiro atoms. The van der Waals surface area contributed by atoms with Crippen LogP contribution in [0.1, 0.15) is 30.1 Å². The number of rotatable bonds is 2. The molecule has 0 bridgehead atoms. The van der Waals surface area contributed by atoms with Crippen molar-refractivity contribution in [3.05, 3.63) is 29.8 Å². The predicted octanol–water partition coefficient (Wildman–Crippen LogP) is 1.30. The zero-order chi connectivity index (χ0) is 13.3. The molecule has 1 amide bonds. The van der Waals surface area contributed by atoms with Crippen molar-refractivity contribution in [2.24, 2.45) is 0 Å². The van der Waals surface area contributed by atoms with Gasteiger partial charge in [-0.15, -0.1) is 0 Å². The van der Waals surface area contributed by atoms with Crippen LogP contribution in [0, 0.1) is 5.82 Å². The van der Waals surface area contributed by atoms with Crippen molar-refractivity contribution in [3.8, 4) is 0 Å². The van der Waals surface area contributed by atoms with Gasteiger partial charge < -0.3 is 10.0 Å². The van der Waals surface area contributed by atoms with Crippen LogP contribution in [0.2, 0.25) is 0 Å². The third-order valence-corrected chi connectivity index (χ3v) is 3.35. The second-order valence-corrected chi connectivity index (χ2v) is 4.49. The molecule has 6 heteroatoms. The van der Waals surface area contributed by atoms with Gasteiger partial charge in [0.05, 0.1) is 11.8 Å². The molecule has 1 fully saturated rings. The maximum Gasteiger partial charge on any atom is 0.329 e. The quantitative estimate of drug-likeness (QED) is 0.861. The van der Waals surface area contributed by atoms with Crippen LogP contribution in [0.5, 0.6) is 0 Å². The van der Waals surface area contributed by atoms with Crippen molar-refractivity contribution < 1.29 is 19.1 Å². The number of aliphatic carboxylic acids is 1. The smallest absolute Gasteiger partial charge is 0.329 e. The molecular weight excluding hydrogens is 239 g/mol. The maximum absolute atomic E-state index is 13.5. The fourth-order valence-corrected chi connectivity index (χ4v) is 2.21. The molecular formula is C12H13FN2O3. The molecule has 5 nitrogen and oxygen atoms in total. The van der Waals surface area contributed by atoms with E-state index < -0.39 is 23.2 Å². The lowest BCUT2D eigenvalue weighted by atomic mass is 9.98. The summed E-state index contributed by atoms with van der Waals surface area (Å²) in [7, 11) is 0. The van der Waals surface area contributed by atoms with Crippen molar-refractivity contribution in [3.63, 3.8) is 0 Å². The first-order valence-electron chi connectivity index (χ1n) is 5.61. The van der Waals surface area contributed by atoms with Crippen LogP contribution < -0.4 is 0 Å². The highest BCUT2D eigenvalue weighted by molar-refractivity contribution is 5.98. The number of carboxylic acid groups (broad SMARTS) is 1. The van der Waals surface area contributed by atoms with E-state index in [0.29, 0.717) is 19.4 Å². The molecule has 0 radical (unpaired) electrons. The van der Waals surface area contributed by atoms with Gasteiger partial charge in [-0.1, -0.05) is 0 Å². The summed E-state index contributed by atoms with van der Waals surface area (Å²) >= 11 is 0. The normalized spacial score (nSPS) is 23.1. The van der Waals surface area contributed by atoms with Gasteiger partial charge in [0.1, 0.15) is 5.54 Å². The Labute approximate surface area is 103 Å². The van der Waals surface area contributed by atoms with E-state index in [2.05, 4.69) is 4.98 Å². The van der Waals surface area contributed by atoms with Crippen molar-refractivity contribution >= 4 is 11.9 Å². The molecule has 2 rings (SSSR count). The van der Waals surface area contributed by atoms with Gasteiger partial charge in [-0.3, -0.25) is 9.78 Å². The third kappa shape index (κ3) is 1.83. The number of hydrogen-bond donors (Lipinski definition) is 1. The number of hydrogen-bond acceptors (Lipinski definition) is 3. The largest absolute Gasteiger partial charge is 0.480 e. The SMILES string of the molecule is CC1(C(=O)O)CCCN1C(=O)c1ccncc1F. The lowest BCUT2D eigenvalue weighted by Crippen LogP contribution is -2.50. The molecule has 1 aliphatic rings. The Morgan fingerprint density at radius 2 is 2.28 bits per heavy atom. The van der Waals surface area contributed by atoms with Crippen molar-refractivity contribution in [2.75, 3.05) is 6.54 Å². The number of carboxylic acids is 1. The Morgan fingerprint density at radius 1 is 1.56 bits per heavy atom. The minimum atomic E-state index is -1.26. The lowest BCUT2D eigenvalue weighted by Gasteiger charge is -2.31. The molecule has 0 saturated carbocycles. The number of amides is 1. The van der Waals surface area contributed by atoms with E-state index in [4.69, 9.17) is 0 Å². The Kier molecular flexibility index (Phi) is 3.02. The van der Waals surface area contributed by atoms with Crippen LogP contribution in [0.3, 0.4) is 0 Å². The molecule has 0 aliphatic carbocycles. The Morgan fingerprint density at radius 3 is 2.89 bits per heavy atom. The molecule has 0 aromatic carbocycles. The summed E-state index contributed by atoms with van der Waals surface area (Å²) in [5.41, 5.74) is -1.40. The fourth-order valence-electron chi connectivity index (χ4n) is 2.21. The second kappa shape index (κ2) is 4.36. The topological polar surface area (TPSA) is 70.5 Å². The van der Waals surface area contributed by atoms with Crippen LogP contribution in [0.25, 0.3) is 0 Å². The van der Waals surface area contributed by atoms with E-state index in [1.54, 1.807) is 0 Å². The number of pyridine rings is 1. The molecule has 1 aromatic heterocycles. The zero-order valence-corrected chi connectivity index (χ0v) is 9.89. The van der Waals surface area contributed by atoms with Gasteiger partial charge >= 0.3 is 5.97 Å². The number of halogens is 1. The first-order valence-corrected chi connectivity index (χ1v) is 5.61. The van der Waals surface area contributed by atoms with Crippen molar-refractivity contribution in [1.82, 2.24) is 9.88 Å². The molecule has 1 aliphatic heterocycles. The molecule has 1 saturated heterocycles.